The van der Waals surface area contributed by atoms with E-state index in [1.807, 2.05) is 0 Å². The summed E-state index contributed by atoms with van der Waals surface area (Å²) < 4.78 is 0. The van der Waals surface area contributed by atoms with E-state index in [-0.39, 0.29) is 0 Å². The largest absolute Gasteiger partial charge is 0.381 e. The fourth-order valence-corrected chi connectivity index (χ4v) is 3.15. The van der Waals surface area contributed by atoms with E-state index < -0.39 is 0 Å². The van der Waals surface area contributed by atoms with Crippen LogP contribution in [0.5, 0.6) is 0 Å². The van der Waals surface area contributed by atoms with Crippen LogP contribution in [0.2, 0.25) is 0 Å². The second-order valence-electron chi connectivity index (χ2n) is 5.45. The molecule has 1 N–H and O–H groups in total. The van der Waals surface area contributed by atoms with E-state index in [1.165, 1.54) is 55.6 Å². The Morgan fingerprint density at radius 2 is 2.06 bits per heavy atom. The van der Waals surface area contributed by atoms with Crippen molar-refractivity contribution in [1.29, 1.82) is 0 Å². The zero-order valence-corrected chi connectivity index (χ0v) is 10.7. The molecule has 2 heterocycles. The van der Waals surface area contributed by atoms with E-state index in [4.69, 9.17) is 0 Å². The number of fused-ring (bicyclic) bond motifs is 3. The molecule has 0 saturated carbocycles. The monoisotopic (exact) mass is 230 g/mol. The van der Waals surface area contributed by atoms with Crippen LogP contribution < -0.4 is 10.2 Å². The molecule has 2 nitrogen and oxygen atoms in total. The van der Waals surface area contributed by atoms with E-state index in [1.54, 1.807) is 0 Å². The zero-order chi connectivity index (χ0) is 11.7. The van der Waals surface area contributed by atoms with Gasteiger partial charge < -0.3 is 10.2 Å². The number of hydrogen-bond donors (Lipinski definition) is 1. The Balaban J connectivity index is 1.91. The van der Waals surface area contributed by atoms with Gasteiger partial charge in [-0.05, 0) is 37.5 Å². The Labute approximate surface area is 104 Å². The van der Waals surface area contributed by atoms with Crippen LogP contribution in [0.4, 0.5) is 11.4 Å². The minimum absolute atomic E-state index is 0.713. The first-order valence-electron chi connectivity index (χ1n) is 6.96. The highest BCUT2D eigenvalue weighted by molar-refractivity contribution is 5.73. The molecule has 0 amide bonds. The second-order valence-corrected chi connectivity index (χ2v) is 5.45. The molecule has 0 aromatic heterocycles. The minimum Gasteiger partial charge on any atom is -0.381 e. The lowest BCUT2D eigenvalue weighted by Gasteiger charge is -2.41. The molecule has 0 aliphatic carbocycles. The third-order valence-electron chi connectivity index (χ3n) is 4.12. The Morgan fingerprint density at radius 1 is 1.18 bits per heavy atom. The van der Waals surface area contributed by atoms with Gasteiger partial charge in [0.2, 0.25) is 0 Å². The summed E-state index contributed by atoms with van der Waals surface area (Å²) in [7, 11) is 0. The summed E-state index contributed by atoms with van der Waals surface area (Å²) in [5.74, 6) is 0. The number of anilines is 2. The van der Waals surface area contributed by atoms with Crippen LogP contribution in [0.25, 0.3) is 0 Å². The van der Waals surface area contributed by atoms with Crippen LogP contribution >= 0.6 is 0 Å². The van der Waals surface area contributed by atoms with E-state index >= 15 is 0 Å². The lowest BCUT2D eigenvalue weighted by Crippen LogP contribution is -2.45. The quantitative estimate of drug-likeness (QED) is 0.733. The molecule has 2 aliphatic heterocycles. The number of aryl methyl sites for hydroxylation is 1. The molecule has 3 rings (SSSR count). The lowest BCUT2D eigenvalue weighted by molar-refractivity contribution is 0.472. The van der Waals surface area contributed by atoms with Crippen molar-refractivity contribution in [2.75, 3.05) is 23.3 Å². The third-order valence-corrected chi connectivity index (χ3v) is 4.12. The highest BCUT2D eigenvalue weighted by Crippen LogP contribution is 2.34. The van der Waals surface area contributed by atoms with Crippen molar-refractivity contribution in [1.82, 2.24) is 0 Å². The van der Waals surface area contributed by atoms with Gasteiger partial charge in [0.25, 0.3) is 0 Å². The molecule has 2 heteroatoms. The summed E-state index contributed by atoms with van der Waals surface area (Å²) in [6.07, 6.45) is 6.91. The molecular weight excluding hydrogens is 208 g/mol. The van der Waals surface area contributed by atoms with Gasteiger partial charge in [-0.1, -0.05) is 25.3 Å². The van der Waals surface area contributed by atoms with Crippen molar-refractivity contribution in [2.45, 2.75) is 45.1 Å². The molecule has 92 valence electrons. The summed E-state index contributed by atoms with van der Waals surface area (Å²) in [4.78, 5) is 2.64. The van der Waals surface area contributed by atoms with E-state index in [2.05, 4.69) is 35.3 Å². The zero-order valence-electron chi connectivity index (χ0n) is 10.7. The molecule has 1 saturated heterocycles. The van der Waals surface area contributed by atoms with Gasteiger partial charge in [0, 0.05) is 19.1 Å². The van der Waals surface area contributed by atoms with Crippen LogP contribution in [0.3, 0.4) is 0 Å². The number of nitrogens with one attached hydrogen (secondary N) is 1. The van der Waals surface area contributed by atoms with Crippen molar-refractivity contribution in [3.8, 4) is 0 Å². The summed E-state index contributed by atoms with van der Waals surface area (Å²) in [6.45, 7) is 4.53. The Kier molecular flexibility index (Phi) is 2.96. The molecule has 1 unspecified atom stereocenters. The summed E-state index contributed by atoms with van der Waals surface area (Å²) in [5.41, 5.74) is 4.11. The van der Waals surface area contributed by atoms with Gasteiger partial charge in [-0.2, -0.15) is 0 Å². The number of benzene rings is 1. The topological polar surface area (TPSA) is 15.3 Å². The number of nitrogens with zero attached hydrogens (tertiary/aromatic N) is 1. The first-order valence-corrected chi connectivity index (χ1v) is 6.96. The molecule has 1 aromatic rings. The molecule has 0 radical (unpaired) electrons. The highest BCUT2D eigenvalue weighted by Gasteiger charge is 2.26. The predicted octanol–water partition coefficient (Wildman–Crippen LogP) is 3.56. The van der Waals surface area contributed by atoms with Crippen LogP contribution in [0, 0.1) is 6.92 Å². The van der Waals surface area contributed by atoms with Crippen LogP contribution in [-0.4, -0.2) is 19.1 Å². The Bertz CT molecular complexity index is 400. The molecule has 2 aliphatic rings. The lowest BCUT2D eigenvalue weighted by atomic mass is 9.98. The second kappa shape index (κ2) is 4.59. The molecule has 1 atom stereocenters. The van der Waals surface area contributed by atoms with Crippen molar-refractivity contribution in [2.24, 2.45) is 0 Å². The van der Waals surface area contributed by atoms with Crippen LogP contribution in [0.15, 0.2) is 18.2 Å². The maximum Gasteiger partial charge on any atom is 0.0605 e. The summed E-state index contributed by atoms with van der Waals surface area (Å²) in [6, 6.07) is 7.53. The molecule has 0 spiro atoms. The minimum atomic E-state index is 0.713. The van der Waals surface area contributed by atoms with Gasteiger partial charge in [0.15, 0.2) is 0 Å². The summed E-state index contributed by atoms with van der Waals surface area (Å²) in [5, 5.41) is 3.61. The third kappa shape index (κ3) is 2.13. The van der Waals surface area contributed by atoms with Gasteiger partial charge >= 0.3 is 0 Å². The number of rotatable bonds is 0. The van der Waals surface area contributed by atoms with Gasteiger partial charge in [0.1, 0.15) is 0 Å². The van der Waals surface area contributed by atoms with Crippen LogP contribution in [-0.2, 0) is 0 Å². The first-order chi connectivity index (χ1) is 8.34. The SMILES string of the molecule is Cc1ccc2c(c1)NCC1CCCCCCN21. The Morgan fingerprint density at radius 3 is 3.00 bits per heavy atom. The van der Waals surface area contributed by atoms with Crippen molar-refractivity contribution >= 4 is 11.4 Å². The fraction of sp³-hybridized carbons (Fsp3) is 0.600. The smallest absolute Gasteiger partial charge is 0.0605 e. The predicted molar refractivity (Wildman–Crippen MR) is 73.9 cm³/mol. The van der Waals surface area contributed by atoms with Crippen molar-refractivity contribution in [3.63, 3.8) is 0 Å². The Hall–Kier alpha value is -1.18. The maximum atomic E-state index is 3.61. The standard InChI is InChI=1S/C15H22N2/c1-12-7-8-15-14(10-12)16-11-13-6-4-2-3-5-9-17(13)15/h7-8,10,13,16H,2-6,9,11H2,1H3. The highest BCUT2D eigenvalue weighted by atomic mass is 15.2. The average Bonchev–Trinajstić information content (AvgIpc) is 2.29. The normalized spacial score (nSPS) is 24.1. The molecular formula is C15H22N2. The molecule has 17 heavy (non-hydrogen) atoms. The van der Waals surface area contributed by atoms with Crippen LogP contribution in [0.1, 0.15) is 37.7 Å². The van der Waals surface area contributed by atoms with Gasteiger partial charge in [0.05, 0.1) is 11.4 Å². The maximum absolute atomic E-state index is 3.61. The average molecular weight is 230 g/mol. The summed E-state index contributed by atoms with van der Waals surface area (Å²) >= 11 is 0. The van der Waals surface area contributed by atoms with E-state index in [0.29, 0.717) is 6.04 Å². The molecule has 1 aromatic carbocycles. The first kappa shape index (κ1) is 10.9. The van der Waals surface area contributed by atoms with Gasteiger partial charge in [-0.25, -0.2) is 0 Å². The van der Waals surface area contributed by atoms with Gasteiger partial charge in [-0.3, -0.25) is 0 Å². The fourth-order valence-electron chi connectivity index (χ4n) is 3.15. The molecule has 1 fully saturated rings. The van der Waals surface area contributed by atoms with E-state index in [9.17, 15) is 0 Å². The van der Waals surface area contributed by atoms with E-state index in [0.717, 1.165) is 6.54 Å². The van der Waals surface area contributed by atoms with Crippen molar-refractivity contribution < 1.29 is 0 Å². The number of hydrogen-bond acceptors (Lipinski definition) is 2. The molecule has 0 bridgehead atoms. The van der Waals surface area contributed by atoms with Gasteiger partial charge in [-0.15, -0.1) is 0 Å². The van der Waals surface area contributed by atoms with Crippen molar-refractivity contribution in [3.05, 3.63) is 23.8 Å².